The highest BCUT2D eigenvalue weighted by molar-refractivity contribution is 5.91. The van der Waals surface area contributed by atoms with E-state index in [1.54, 1.807) is 24.3 Å². The molecule has 0 saturated heterocycles. The number of carbonyl (C=O) groups is 1. The third kappa shape index (κ3) is 7.48. The molecule has 0 radical (unpaired) electrons. The van der Waals surface area contributed by atoms with Crippen LogP contribution in [0.15, 0.2) is 53.1 Å². The first-order chi connectivity index (χ1) is 16.1. The number of benzene rings is 2. The van der Waals surface area contributed by atoms with E-state index < -0.39 is 5.97 Å². The fourth-order valence-electron chi connectivity index (χ4n) is 3.86. The number of unbranched alkanes of at least 4 members (excludes halogenated alkanes) is 7. The van der Waals surface area contributed by atoms with E-state index in [-0.39, 0.29) is 0 Å². The summed E-state index contributed by atoms with van der Waals surface area (Å²) in [4.78, 5) is 12.5. The van der Waals surface area contributed by atoms with E-state index in [1.165, 1.54) is 44.9 Å². The van der Waals surface area contributed by atoms with Crippen molar-refractivity contribution in [3.8, 4) is 22.6 Å². The Labute approximate surface area is 197 Å². The minimum Gasteiger partial charge on any atom is -0.494 e. The van der Waals surface area contributed by atoms with E-state index in [1.807, 2.05) is 38.1 Å². The molecule has 0 fully saturated rings. The molecule has 0 amide bonds. The molecule has 0 aliphatic carbocycles. The minimum atomic E-state index is -0.394. The lowest BCUT2D eigenvalue weighted by Crippen LogP contribution is -2.08. The number of aromatic nitrogens is 1. The molecule has 176 valence electrons. The standard InChI is InChI=1S/C28H35NO4/c1-4-5-6-7-8-9-10-11-20-31-25-16-14-24(15-17-25)28(30)32-26-18-12-23(13-19-26)27-21(2)29-33-22(27)3/h12-19H,4-11,20H2,1-3H3. The van der Waals surface area contributed by atoms with Gasteiger partial charge in [0.15, 0.2) is 0 Å². The van der Waals surface area contributed by atoms with Gasteiger partial charge < -0.3 is 14.0 Å². The fraction of sp³-hybridized carbons (Fsp3) is 0.429. The maximum Gasteiger partial charge on any atom is 0.343 e. The Bertz CT molecular complexity index is 970. The van der Waals surface area contributed by atoms with Crippen LogP contribution in [0, 0.1) is 13.8 Å². The summed E-state index contributed by atoms with van der Waals surface area (Å²) in [6.07, 6.45) is 10.2. The Hall–Kier alpha value is -3.08. The zero-order chi connectivity index (χ0) is 23.5. The monoisotopic (exact) mass is 449 g/mol. The summed E-state index contributed by atoms with van der Waals surface area (Å²) in [5, 5.41) is 3.98. The van der Waals surface area contributed by atoms with E-state index in [2.05, 4.69) is 12.1 Å². The predicted molar refractivity (Wildman–Crippen MR) is 131 cm³/mol. The average molecular weight is 450 g/mol. The Kier molecular flexibility index (Phi) is 9.55. The van der Waals surface area contributed by atoms with Crippen LogP contribution in [-0.4, -0.2) is 17.7 Å². The van der Waals surface area contributed by atoms with Crippen LogP contribution in [0.25, 0.3) is 11.1 Å². The van der Waals surface area contributed by atoms with Crippen molar-refractivity contribution in [3.63, 3.8) is 0 Å². The quantitative estimate of drug-likeness (QED) is 0.152. The fourth-order valence-corrected chi connectivity index (χ4v) is 3.86. The van der Waals surface area contributed by atoms with Gasteiger partial charge in [-0.3, -0.25) is 0 Å². The lowest BCUT2D eigenvalue weighted by molar-refractivity contribution is 0.0734. The van der Waals surface area contributed by atoms with Crippen molar-refractivity contribution in [2.45, 2.75) is 72.1 Å². The highest BCUT2D eigenvalue weighted by atomic mass is 16.5. The highest BCUT2D eigenvalue weighted by Crippen LogP contribution is 2.28. The molecule has 0 aliphatic heterocycles. The van der Waals surface area contributed by atoms with Gasteiger partial charge in [-0.15, -0.1) is 0 Å². The summed E-state index contributed by atoms with van der Waals surface area (Å²) in [6, 6.07) is 14.5. The lowest BCUT2D eigenvalue weighted by atomic mass is 10.0. The Balaban J connectivity index is 1.41. The molecular formula is C28H35NO4. The second kappa shape index (κ2) is 12.8. The molecule has 2 aromatic carbocycles. The molecule has 1 aromatic heterocycles. The number of esters is 1. The Morgan fingerprint density at radius 1 is 0.818 bits per heavy atom. The van der Waals surface area contributed by atoms with Gasteiger partial charge >= 0.3 is 5.97 Å². The molecule has 0 aliphatic rings. The topological polar surface area (TPSA) is 61.6 Å². The summed E-state index contributed by atoms with van der Waals surface area (Å²) in [7, 11) is 0. The maximum atomic E-state index is 12.5. The van der Waals surface area contributed by atoms with Crippen molar-refractivity contribution in [2.24, 2.45) is 0 Å². The molecule has 3 rings (SSSR count). The van der Waals surface area contributed by atoms with Crippen LogP contribution >= 0.6 is 0 Å². The lowest BCUT2D eigenvalue weighted by Gasteiger charge is -2.08. The number of rotatable bonds is 13. The van der Waals surface area contributed by atoms with Gasteiger partial charge in [0, 0.05) is 5.56 Å². The van der Waals surface area contributed by atoms with Gasteiger partial charge in [-0.05, 0) is 62.2 Å². The molecule has 0 atom stereocenters. The zero-order valence-corrected chi connectivity index (χ0v) is 20.1. The van der Waals surface area contributed by atoms with Gasteiger partial charge in [-0.25, -0.2) is 4.79 Å². The number of carbonyl (C=O) groups excluding carboxylic acids is 1. The van der Waals surface area contributed by atoms with Crippen molar-refractivity contribution in [1.82, 2.24) is 5.16 Å². The van der Waals surface area contributed by atoms with Gasteiger partial charge in [0.1, 0.15) is 17.3 Å². The van der Waals surface area contributed by atoms with Crippen molar-refractivity contribution >= 4 is 5.97 Å². The molecule has 33 heavy (non-hydrogen) atoms. The summed E-state index contributed by atoms with van der Waals surface area (Å²) >= 11 is 0. The number of hydrogen-bond acceptors (Lipinski definition) is 5. The Morgan fingerprint density at radius 2 is 1.42 bits per heavy atom. The van der Waals surface area contributed by atoms with Crippen molar-refractivity contribution in [3.05, 3.63) is 65.5 Å². The number of ether oxygens (including phenoxy) is 2. The molecule has 0 saturated carbocycles. The zero-order valence-electron chi connectivity index (χ0n) is 20.1. The van der Waals surface area contributed by atoms with Crippen LogP contribution in [0.3, 0.4) is 0 Å². The molecule has 0 spiro atoms. The summed E-state index contributed by atoms with van der Waals surface area (Å²) in [5.74, 6) is 1.64. The van der Waals surface area contributed by atoms with Crippen LogP contribution in [0.2, 0.25) is 0 Å². The third-order valence-corrected chi connectivity index (χ3v) is 5.74. The summed E-state index contributed by atoms with van der Waals surface area (Å²) < 4.78 is 16.5. The van der Waals surface area contributed by atoms with E-state index >= 15 is 0 Å². The van der Waals surface area contributed by atoms with Crippen LogP contribution in [-0.2, 0) is 0 Å². The minimum absolute atomic E-state index is 0.394. The molecule has 5 nitrogen and oxygen atoms in total. The molecule has 0 unspecified atom stereocenters. The molecule has 1 heterocycles. The summed E-state index contributed by atoms with van der Waals surface area (Å²) in [5.41, 5.74) is 3.27. The van der Waals surface area contributed by atoms with Gasteiger partial charge in [0.2, 0.25) is 0 Å². The van der Waals surface area contributed by atoms with Gasteiger partial charge in [-0.1, -0.05) is 69.2 Å². The van der Waals surface area contributed by atoms with Crippen LogP contribution in [0.5, 0.6) is 11.5 Å². The number of hydrogen-bond donors (Lipinski definition) is 0. The molecule has 5 heteroatoms. The van der Waals surface area contributed by atoms with E-state index in [0.29, 0.717) is 17.9 Å². The van der Waals surface area contributed by atoms with Gasteiger partial charge in [0.05, 0.1) is 17.9 Å². The molecule has 0 bridgehead atoms. The van der Waals surface area contributed by atoms with Gasteiger partial charge in [-0.2, -0.15) is 0 Å². The van der Waals surface area contributed by atoms with Crippen molar-refractivity contribution in [2.75, 3.05) is 6.61 Å². The number of nitrogens with zero attached hydrogens (tertiary/aromatic N) is 1. The molecular weight excluding hydrogens is 414 g/mol. The molecule has 0 N–H and O–H groups in total. The van der Waals surface area contributed by atoms with Crippen LogP contribution in [0.1, 0.15) is 80.1 Å². The highest BCUT2D eigenvalue weighted by Gasteiger charge is 2.13. The Morgan fingerprint density at radius 3 is 2.03 bits per heavy atom. The largest absolute Gasteiger partial charge is 0.494 e. The van der Waals surface area contributed by atoms with Gasteiger partial charge in [0.25, 0.3) is 0 Å². The summed E-state index contributed by atoms with van der Waals surface area (Å²) in [6.45, 7) is 6.74. The first-order valence-corrected chi connectivity index (χ1v) is 12.1. The maximum absolute atomic E-state index is 12.5. The number of aryl methyl sites for hydroxylation is 2. The van der Waals surface area contributed by atoms with Crippen molar-refractivity contribution < 1.29 is 18.8 Å². The second-order valence-corrected chi connectivity index (χ2v) is 8.46. The van der Waals surface area contributed by atoms with Crippen molar-refractivity contribution in [1.29, 1.82) is 0 Å². The predicted octanol–water partition coefficient (Wildman–Crippen LogP) is 7.70. The molecule has 3 aromatic rings. The third-order valence-electron chi connectivity index (χ3n) is 5.74. The normalized spacial score (nSPS) is 10.9. The second-order valence-electron chi connectivity index (χ2n) is 8.46. The van der Waals surface area contributed by atoms with E-state index in [0.717, 1.165) is 34.8 Å². The van der Waals surface area contributed by atoms with E-state index in [9.17, 15) is 4.79 Å². The van der Waals surface area contributed by atoms with E-state index in [4.69, 9.17) is 14.0 Å². The first-order valence-electron chi connectivity index (χ1n) is 12.1. The average Bonchev–Trinajstić information content (AvgIpc) is 3.16. The smallest absolute Gasteiger partial charge is 0.343 e. The first kappa shape index (κ1) is 24.6. The van der Waals surface area contributed by atoms with Crippen LogP contribution in [0.4, 0.5) is 0 Å². The SMILES string of the molecule is CCCCCCCCCCOc1ccc(C(=O)Oc2ccc(-c3c(C)noc3C)cc2)cc1. The van der Waals surface area contributed by atoms with Crippen LogP contribution < -0.4 is 9.47 Å².